The molecule has 8 aliphatic rings. The molecule has 2 aromatic carbocycles. The minimum Gasteiger partial charge on any atom is -0.669 e. The van der Waals surface area contributed by atoms with Crippen molar-refractivity contribution in [2.75, 3.05) is 26.6 Å². The average molecular weight is 787 g/mol. The molecule has 3 N–H and O–H groups in total. The molecule has 0 aromatic heterocycles. The summed E-state index contributed by atoms with van der Waals surface area (Å²) in [5, 5.41) is 28.9. The minimum atomic E-state index is -3.06. The number of hydrogen-bond acceptors (Lipinski definition) is 11. The van der Waals surface area contributed by atoms with Crippen LogP contribution in [-0.4, -0.2) is 85.0 Å². The van der Waals surface area contributed by atoms with E-state index in [1.807, 2.05) is 6.07 Å². The number of carboxylic acids is 1. The molecule has 12 nitrogen and oxygen atoms in total. The quantitative estimate of drug-likeness (QED) is 0.228. The molecule has 6 fully saturated rings. The Kier molecular flexibility index (Phi) is 11.9. The van der Waals surface area contributed by atoms with Crippen molar-refractivity contribution in [2.24, 2.45) is 17.3 Å². The third-order valence-electron chi connectivity index (χ3n) is 12.7. The van der Waals surface area contributed by atoms with Crippen molar-refractivity contribution in [1.82, 2.24) is 0 Å². The van der Waals surface area contributed by atoms with Crippen LogP contribution in [0.4, 0.5) is 8.78 Å². The fraction of sp³-hybridized carbons (Fsp3) is 0.622. The number of alkyl halides is 2. The summed E-state index contributed by atoms with van der Waals surface area (Å²) < 4.78 is 65.2. The fourth-order valence-corrected chi connectivity index (χ4v) is 9.73. The van der Waals surface area contributed by atoms with Crippen LogP contribution >= 0.6 is 0 Å². The van der Waals surface area contributed by atoms with Gasteiger partial charge in [-0.25, -0.2) is 18.4 Å². The number of rotatable bonds is 9. The maximum atomic E-state index is 12.8. The number of hydrogen-bond donors (Lipinski definition) is 3. The van der Waals surface area contributed by atoms with Crippen molar-refractivity contribution in [2.45, 2.75) is 101 Å². The molecule has 18 heteroatoms. The second-order valence-corrected chi connectivity index (χ2v) is 16.7. The molecule has 286 valence electrons. The number of carbonyl (C=O) groups excluding carboxylic acids is 1. The largest absolute Gasteiger partial charge is 1.00 e. The zero-order valence-electron chi connectivity index (χ0n) is 32.4. The summed E-state index contributed by atoms with van der Waals surface area (Å²) in [6.45, 7) is 5.51. The van der Waals surface area contributed by atoms with Crippen molar-refractivity contribution in [3.8, 4) is 23.0 Å². The van der Waals surface area contributed by atoms with Gasteiger partial charge in [-0.05, 0) is 78.5 Å². The second-order valence-electron chi connectivity index (χ2n) is 16.7. The molecule has 3 aliphatic heterocycles. The topological polar surface area (TPSA) is 159 Å². The summed E-state index contributed by atoms with van der Waals surface area (Å²) in [5.41, 5.74) is 1.57. The van der Waals surface area contributed by atoms with Gasteiger partial charge >= 0.3 is 84.9 Å². The van der Waals surface area contributed by atoms with Crippen LogP contribution in [0.15, 0.2) is 24.3 Å². The molecule has 1 saturated heterocycles. The van der Waals surface area contributed by atoms with Crippen LogP contribution in [0.3, 0.4) is 0 Å². The van der Waals surface area contributed by atoms with Gasteiger partial charge in [0.1, 0.15) is 54.9 Å². The second kappa shape index (κ2) is 15.2. The molecule has 2 bridgehead atoms. The Hall–Kier alpha value is -1.59. The third kappa shape index (κ3) is 7.37. The molecule has 7 unspecified atom stereocenters. The van der Waals surface area contributed by atoms with Gasteiger partial charge in [0.25, 0.3) is 0 Å². The fourth-order valence-electron chi connectivity index (χ4n) is 9.73. The molecule has 8 atom stereocenters. The Balaban J connectivity index is 0.000000202. The van der Waals surface area contributed by atoms with Crippen LogP contribution in [0.1, 0.15) is 104 Å². The Labute approximate surface area is 363 Å². The summed E-state index contributed by atoms with van der Waals surface area (Å²) in [5.74, 6) is -1.17. The number of fused-ring (bicyclic) bond motifs is 4. The molecule has 10 rings (SSSR count). The molecule has 0 amide bonds. The zero-order chi connectivity index (χ0) is 37.8. The van der Waals surface area contributed by atoms with E-state index in [9.17, 15) is 33.5 Å². The summed E-state index contributed by atoms with van der Waals surface area (Å²) >= 11 is 0. The van der Waals surface area contributed by atoms with E-state index in [-0.39, 0.29) is 143 Å². The molecule has 55 heavy (non-hydrogen) atoms. The normalized spacial score (nSPS) is 32.6. The van der Waals surface area contributed by atoms with Gasteiger partial charge in [-0.15, -0.1) is 0 Å². The standard InChI is InChI=1S/C25H32BFO6.C12H13BFO6.2Na/c1-23(2)13-10-18(23)25(5)19(11-13)32-26(33-25)16-12-15(16)14-6-7-17(29-9-8-27)20-21(14)30-24(3,4)31-22(20)28;14-3-4-19-9-2-1-6-7-5-8(7)13(17,18)20-11(6)10(9)12(15)16;;/h6-7,13,15-16,18-19H,8-12H2,1-5H3;1-2,7-8,17-18H,3-5H2,(H,15,16);;/q;-1;2*+1/t13?,15?,16?,18?,19?,25-;;;/m0.../s1. The van der Waals surface area contributed by atoms with Crippen molar-refractivity contribution >= 4 is 25.8 Å². The molecule has 0 radical (unpaired) electrons. The molecular weight excluding hydrogens is 742 g/mol. The van der Waals surface area contributed by atoms with Crippen LogP contribution < -0.4 is 78.0 Å². The Morgan fingerprint density at radius 3 is 2.16 bits per heavy atom. The molecule has 2 aromatic rings. The number of carbonyl (C=O) groups is 2. The molecular formula is C37H45B2F2Na2O12+. The first kappa shape index (κ1) is 43.0. The average Bonchev–Trinajstić information content (AvgIpc) is 4.01. The summed E-state index contributed by atoms with van der Waals surface area (Å²) in [4.78, 5) is 24.2. The number of carboxylic acid groups (broad SMARTS) is 1. The Morgan fingerprint density at radius 2 is 1.53 bits per heavy atom. The SMILES string of the molecule is CC1(C)OC(=O)c2c(OCCF)ccc(C3CC3B3OC4CC5CC(C5(C)C)[C@]4(C)O3)c2O1.O=C(O)c1c(OCCF)ccc2c1O[B-](O)(O)C1CC21.[Na+].[Na+]. The van der Waals surface area contributed by atoms with Crippen LogP contribution in [0.25, 0.3) is 0 Å². The van der Waals surface area contributed by atoms with Crippen LogP contribution in [0, 0.1) is 17.3 Å². The molecule has 0 spiro atoms. The van der Waals surface area contributed by atoms with Gasteiger partial charge in [-0.3, -0.25) is 0 Å². The molecule has 5 aliphatic carbocycles. The van der Waals surface area contributed by atoms with E-state index in [0.717, 1.165) is 18.4 Å². The summed E-state index contributed by atoms with van der Waals surface area (Å²) in [6, 6.07) is 6.73. The zero-order valence-corrected chi connectivity index (χ0v) is 36.4. The molecule has 5 saturated carbocycles. The van der Waals surface area contributed by atoms with E-state index < -0.39 is 37.8 Å². The van der Waals surface area contributed by atoms with Crippen LogP contribution in [0.5, 0.6) is 23.0 Å². The van der Waals surface area contributed by atoms with Crippen molar-refractivity contribution < 1.29 is 126 Å². The number of aromatic carboxylic acids is 1. The third-order valence-corrected chi connectivity index (χ3v) is 12.7. The smallest absolute Gasteiger partial charge is 0.669 e. The number of cyclic esters (lactones) is 1. The van der Waals surface area contributed by atoms with Gasteiger partial charge < -0.3 is 48.1 Å². The van der Waals surface area contributed by atoms with Gasteiger partial charge in [0, 0.05) is 19.7 Å². The van der Waals surface area contributed by atoms with Gasteiger partial charge in [-0.1, -0.05) is 38.2 Å². The minimum absolute atomic E-state index is 0. The van der Waals surface area contributed by atoms with E-state index in [4.69, 9.17) is 32.9 Å². The number of benzene rings is 2. The predicted octanol–water partition coefficient (Wildman–Crippen LogP) is -0.179. The Bertz CT molecular complexity index is 1850. The first-order chi connectivity index (χ1) is 25.0. The first-order valence-corrected chi connectivity index (χ1v) is 18.5. The van der Waals surface area contributed by atoms with Crippen molar-refractivity contribution in [1.29, 1.82) is 0 Å². The monoisotopic (exact) mass is 787 g/mol. The van der Waals surface area contributed by atoms with Gasteiger partial charge in [-0.2, -0.15) is 0 Å². The maximum absolute atomic E-state index is 12.8. The number of halogens is 2. The number of ether oxygens (including phenoxy) is 4. The number of esters is 1. The summed E-state index contributed by atoms with van der Waals surface area (Å²) in [7, 11) is -0.248. The van der Waals surface area contributed by atoms with E-state index in [0.29, 0.717) is 35.0 Å². The van der Waals surface area contributed by atoms with Gasteiger partial charge in [0.2, 0.25) is 5.79 Å². The van der Waals surface area contributed by atoms with E-state index in [1.54, 1.807) is 26.0 Å². The van der Waals surface area contributed by atoms with Crippen LogP contribution in [-0.2, 0) is 14.0 Å². The van der Waals surface area contributed by atoms with Gasteiger partial charge in [0.05, 0.1) is 17.5 Å². The predicted molar refractivity (Wildman–Crippen MR) is 186 cm³/mol. The molecule has 3 heterocycles. The van der Waals surface area contributed by atoms with E-state index in [2.05, 4.69) is 20.8 Å². The van der Waals surface area contributed by atoms with Gasteiger partial charge in [0.15, 0.2) is 0 Å². The summed E-state index contributed by atoms with van der Waals surface area (Å²) in [6.07, 6.45) is 3.89. The van der Waals surface area contributed by atoms with Crippen molar-refractivity contribution in [3.05, 3.63) is 46.5 Å². The van der Waals surface area contributed by atoms with Crippen molar-refractivity contribution in [3.63, 3.8) is 0 Å². The Morgan fingerprint density at radius 1 is 0.891 bits per heavy atom. The first-order valence-electron chi connectivity index (χ1n) is 18.5. The van der Waals surface area contributed by atoms with Crippen LogP contribution in [0.2, 0.25) is 11.6 Å². The van der Waals surface area contributed by atoms with E-state index in [1.165, 1.54) is 12.5 Å². The maximum Gasteiger partial charge on any atom is 1.00 e. The van der Waals surface area contributed by atoms with E-state index >= 15 is 0 Å².